The van der Waals surface area contributed by atoms with Crippen molar-refractivity contribution in [2.24, 2.45) is 0 Å². The molecule has 0 radical (unpaired) electrons. The van der Waals surface area contributed by atoms with E-state index in [0.717, 1.165) is 16.3 Å². The van der Waals surface area contributed by atoms with E-state index in [4.69, 9.17) is 9.15 Å². The fourth-order valence-electron chi connectivity index (χ4n) is 5.09. The Morgan fingerprint density at radius 1 is 1.03 bits per heavy atom. The first-order valence-electron chi connectivity index (χ1n) is 12.6. The van der Waals surface area contributed by atoms with Gasteiger partial charge in [0.15, 0.2) is 0 Å². The summed E-state index contributed by atoms with van der Waals surface area (Å²) in [7, 11) is -3.86. The van der Waals surface area contributed by atoms with E-state index in [9.17, 15) is 13.2 Å². The van der Waals surface area contributed by atoms with Crippen LogP contribution in [0.5, 0.6) is 5.75 Å². The summed E-state index contributed by atoms with van der Waals surface area (Å²) in [4.78, 5) is 17.1. The number of fused-ring (bicyclic) bond motifs is 4. The van der Waals surface area contributed by atoms with Gasteiger partial charge in [-0.05, 0) is 73.9 Å². The number of benzene rings is 3. The number of H-pyrrole nitrogens is 1. The summed E-state index contributed by atoms with van der Waals surface area (Å²) in [6, 6.07) is 21.5. The molecule has 0 fully saturated rings. The summed E-state index contributed by atoms with van der Waals surface area (Å²) in [5, 5.41) is 1.58. The maximum absolute atomic E-state index is 13.4. The lowest BCUT2D eigenvalue weighted by atomic mass is 10.0. The molecule has 8 nitrogen and oxygen atoms in total. The van der Waals surface area contributed by atoms with Gasteiger partial charge in [0.25, 0.3) is 15.6 Å². The van der Waals surface area contributed by atoms with Crippen molar-refractivity contribution in [3.63, 3.8) is 0 Å². The fraction of sp³-hybridized carbons (Fsp3) is 0.207. The summed E-state index contributed by atoms with van der Waals surface area (Å²) in [5.74, 6) is 0.668. The molecule has 1 aliphatic heterocycles. The molecular formula is C29H27N3O5S. The van der Waals surface area contributed by atoms with Crippen LogP contribution < -0.4 is 19.9 Å². The predicted octanol–water partition coefficient (Wildman–Crippen LogP) is 5.30. The van der Waals surface area contributed by atoms with Gasteiger partial charge < -0.3 is 19.0 Å². The van der Waals surface area contributed by atoms with Gasteiger partial charge in [-0.2, -0.15) is 0 Å². The number of hydrogen-bond acceptors (Lipinski definition) is 6. The molecule has 5 aromatic rings. The number of rotatable bonds is 7. The Balaban J connectivity index is 1.23. The van der Waals surface area contributed by atoms with Gasteiger partial charge in [-0.3, -0.25) is 9.52 Å². The summed E-state index contributed by atoms with van der Waals surface area (Å²) >= 11 is 0. The van der Waals surface area contributed by atoms with Crippen molar-refractivity contribution in [2.45, 2.75) is 30.8 Å². The number of aromatic amines is 1. The number of nitrogens with one attached hydrogen (secondary N) is 2. The van der Waals surface area contributed by atoms with Crippen LogP contribution in [0.1, 0.15) is 18.9 Å². The molecule has 194 valence electrons. The Hall–Kier alpha value is -4.24. The number of furan rings is 1. The van der Waals surface area contributed by atoms with Crippen molar-refractivity contribution in [2.75, 3.05) is 22.7 Å². The average molecular weight is 530 g/mol. The van der Waals surface area contributed by atoms with Crippen LogP contribution in [0.2, 0.25) is 0 Å². The van der Waals surface area contributed by atoms with E-state index >= 15 is 0 Å². The van der Waals surface area contributed by atoms with Crippen LogP contribution in [-0.4, -0.2) is 32.6 Å². The van der Waals surface area contributed by atoms with Gasteiger partial charge in [0.05, 0.1) is 22.5 Å². The maximum Gasteiger partial charge on any atom is 0.271 e. The summed E-state index contributed by atoms with van der Waals surface area (Å²) in [6.45, 7) is 3.23. The van der Waals surface area contributed by atoms with Gasteiger partial charge in [-0.15, -0.1) is 0 Å². The molecule has 9 heteroatoms. The van der Waals surface area contributed by atoms with Crippen LogP contribution in [-0.2, 0) is 16.4 Å². The highest BCUT2D eigenvalue weighted by atomic mass is 32.2. The normalized spacial score (nSPS) is 15.2. The molecular weight excluding hydrogens is 502 g/mol. The van der Waals surface area contributed by atoms with Crippen molar-refractivity contribution in [3.8, 4) is 5.75 Å². The van der Waals surface area contributed by atoms with Gasteiger partial charge >= 0.3 is 0 Å². The minimum Gasteiger partial charge on any atom is -0.488 e. The highest BCUT2D eigenvalue weighted by Gasteiger charge is 2.25. The largest absolute Gasteiger partial charge is 0.488 e. The first-order valence-corrected chi connectivity index (χ1v) is 14.1. The van der Waals surface area contributed by atoms with Gasteiger partial charge in [-0.1, -0.05) is 24.3 Å². The molecule has 0 spiro atoms. The highest BCUT2D eigenvalue weighted by molar-refractivity contribution is 7.92. The van der Waals surface area contributed by atoms with E-state index in [1.54, 1.807) is 42.6 Å². The van der Waals surface area contributed by atoms with Crippen LogP contribution in [0.15, 0.2) is 93.1 Å². The Bertz CT molecular complexity index is 1810. The van der Waals surface area contributed by atoms with E-state index < -0.39 is 10.0 Å². The Morgan fingerprint density at radius 2 is 1.87 bits per heavy atom. The van der Waals surface area contributed by atoms with Gasteiger partial charge in [0.1, 0.15) is 28.7 Å². The number of ether oxygens (including phenoxy) is 1. The number of hydrogen-bond donors (Lipinski definition) is 2. The molecule has 0 aliphatic carbocycles. The van der Waals surface area contributed by atoms with Crippen LogP contribution in [0.25, 0.3) is 21.9 Å². The number of aromatic nitrogens is 1. The first-order chi connectivity index (χ1) is 18.4. The number of pyridine rings is 1. The number of anilines is 2. The van der Waals surface area contributed by atoms with E-state index in [1.807, 2.05) is 48.2 Å². The molecule has 1 aliphatic rings. The monoisotopic (exact) mass is 529 g/mol. The van der Waals surface area contributed by atoms with Crippen molar-refractivity contribution in [3.05, 3.63) is 94.9 Å². The molecule has 6 rings (SSSR count). The zero-order valence-electron chi connectivity index (χ0n) is 20.8. The summed E-state index contributed by atoms with van der Waals surface area (Å²) in [5.41, 5.74) is 3.11. The second-order valence-corrected chi connectivity index (χ2v) is 11.0. The van der Waals surface area contributed by atoms with Crippen molar-refractivity contribution < 1.29 is 17.6 Å². The average Bonchev–Trinajstić information content (AvgIpc) is 3.31. The van der Waals surface area contributed by atoms with E-state index in [1.165, 1.54) is 0 Å². The number of para-hydroxylation sites is 1. The molecule has 38 heavy (non-hydrogen) atoms. The van der Waals surface area contributed by atoms with Crippen LogP contribution in [0.3, 0.4) is 0 Å². The topological polar surface area (TPSA) is 105 Å². The second-order valence-electron chi connectivity index (χ2n) is 9.35. The summed E-state index contributed by atoms with van der Waals surface area (Å²) < 4.78 is 41.7. The van der Waals surface area contributed by atoms with Crippen LogP contribution in [0, 0.1) is 0 Å². The number of aryl methyl sites for hydroxylation is 1. The van der Waals surface area contributed by atoms with Crippen molar-refractivity contribution in [1.29, 1.82) is 0 Å². The van der Waals surface area contributed by atoms with E-state index in [0.29, 0.717) is 54.2 Å². The van der Waals surface area contributed by atoms with Crippen molar-refractivity contribution >= 4 is 43.3 Å². The first kappa shape index (κ1) is 24.1. The molecule has 3 aromatic carbocycles. The maximum atomic E-state index is 13.4. The molecule has 0 saturated heterocycles. The minimum atomic E-state index is -3.86. The molecule has 0 bridgehead atoms. The molecule has 1 atom stereocenters. The Morgan fingerprint density at radius 3 is 2.71 bits per heavy atom. The smallest absolute Gasteiger partial charge is 0.271 e. The zero-order valence-corrected chi connectivity index (χ0v) is 21.6. The van der Waals surface area contributed by atoms with Gasteiger partial charge in [-0.25, -0.2) is 8.42 Å². The van der Waals surface area contributed by atoms with E-state index in [2.05, 4.69) is 9.71 Å². The third kappa shape index (κ3) is 4.39. The zero-order chi connectivity index (χ0) is 26.3. The number of likely N-dealkylation sites (N-methyl/N-ethyl adjacent to an activating group) is 1. The number of sulfonamides is 1. The SMILES string of the molecule is CCN(C[C@H]1CCc2cc(S(=O)(=O)Nc3cccc4oc5ccccc5c34)ccc2O1)c1ccc[nH]c1=O. The molecule has 2 aromatic heterocycles. The molecule has 0 unspecified atom stereocenters. The molecule has 2 N–H and O–H groups in total. The summed E-state index contributed by atoms with van der Waals surface area (Å²) in [6.07, 6.45) is 2.89. The van der Waals surface area contributed by atoms with E-state index in [-0.39, 0.29) is 16.6 Å². The third-order valence-electron chi connectivity index (χ3n) is 6.96. The minimum absolute atomic E-state index is 0.116. The van der Waals surface area contributed by atoms with Crippen molar-refractivity contribution in [1.82, 2.24) is 4.98 Å². The third-order valence-corrected chi connectivity index (χ3v) is 8.33. The quantitative estimate of drug-likeness (QED) is 0.297. The molecule has 0 amide bonds. The number of nitrogens with zero attached hydrogens (tertiary/aromatic N) is 1. The second kappa shape index (κ2) is 9.57. The van der Waals surface area contributed by atoms with Crippen LogP contribution in [0.4, 0.5) is 11.4 Å². The van der Waals surface area contributed by atoms with Gasteiger partial charge in [0.2, 0.25) is 0 Å². The Labute approximate surface area is 219 Å². The van der Waals surface area contributed by atoms with Crippen LogP contribution >= 0.6 is 0 Å². The lowest BCUT2D eigenvalue weighted by molar-refractivity contribution is 0.178. The fourth-order valence-corrected chi connectivity index (χ4v) is 6.21. The Kier molecular flexibility index (Phi) is 6.07. The standard InChI is InChI=1S/C29H27N3O5S/c1-2-32(24-9-6-16-30-29(24)33)18-20-13-12-19-17-21(14-15-25(19)36-20)38(34,35)31-23-8-5-11-27-28(23)22-7-3-4-10-26(22)37-27/h3-11,14-17,20,31H,2,12-13,18H2,1H3,(H,30,33)/t20-/m1/s1. The van der Waals surface area contributed by atoms with Gasteiger partial charge in [0, 0.05) is 18.1 Å². The lowest BCUT2D eigenvalue weighted by Crippen LogP contribution is -2.39. The lowest BCUT2D eigenvalue weighted by Gasteiger charge is -2.31. The predicted molar refractivity (Wildman–Crippen MR) is 149 cm³/mol. The molecule has 0 saturated carbocycles. The molecule has 3 heterocycles. The highest BCUT2D eigenvalue weighted by Crippen LogP contribution is 2.36.